The molecule has 1 rings (SSSR count). The quantitative estimate of drug-likeness (QED) is 0.467. The summed E-state index contributed by atoms with van der Waals surface area (Å²) in [7, 11) is 0. The Bertz CT molecular complexity index is 105. The summed E-state index contributed by atoms with van der Waals surface area (Å²) in [5.74, 6) is -0.108. The van der Waals surface area contributed by atoms with Crippen LogP contribution >= 0.6 is 0 Å². The third-order valence-electron chi connectivity index (χ3n) is 2.19. The smallest absolute Gasteiger partial charge is 0.0849 e. The average Bonchev–Trinajstić information content (AvgIpc) is 1.95. The molecule has 3 atom stereocenters. The van der Waals surface area contributed by atoms with Crippen LogP contribution in [0.25, 0.3) is 0 Å². The zero-order chi connectivity index (χ0) is 7.56. The summed E-state index contributed by atoms with van der Waals surface area (Å²) in [6, 6.07) is 0. The van der Waals surface area contributed by atoms with Crippen LogP contribution in [0.5, 0.6) is 0 Å². The van der Waals surface area contributed by atoms with Crippen molar-refractivity contribution in [2.24, 2.45) is 5.92 Å². The van der Waals surface area contributed by atoms with Crippen molar-refractivity contribution in [3.63, 3.8) is 0 Å². The normalized spacial score (nSPS) is 41.7. The van der Waals surface area contributed by atoms with Crippen molar-refractivity contribution < 1.29 is 15.3 Å². The molecule has 0 spiro atoms. The van der Waals surface area contributed by atoms with Gasteiger partial charge in [-0.05, 0) is 12.8 Å². The molecule has 0 radical (unpaired) electrons. The van der Waals surface area contributed by atoms with Crippen LogP contribution in [0.3, 0.4) is 0 Å². The van der Waals surface area contributed by atoms with Crippen LogP contribution in [-0.4, -0.2) is 34.1 Å². The van der Waals surface area contributed by atoms with Crippen molar-refractivity contribution in [2.75, 3.05) is 6.61 Å². The van der Waals surface area contributed by atoms with Crippen LogP contribution < -0.4 is 0 Å². The van der Waals surface area contributed by atoms with Crippen LogP contribution in [-0.2, 0) is 0 Å². The maximum Gasteiger partial charge on any atom is 0.0849 e. The topological polar surface area (TPSA) is 60.7 Å². The van der Waals surface area contributed by atoms with E-state index in [0.29, 0.717) is 6.42 Å². The van der Waals surface area contributed by atoms with Gasteiger partial charge in [-0.2, -0.15) is 0 Å². The lowest BCUT2D eigenvalue weighted by atomic mass is 9.85. The Morgan fingerprint density at radius 2 is 1.90 bits per heavy atom. The van der Waals surface area contributed by atoms with Gasteiger partial charge in [-0.25, -0.2) is 0 Å². The van der Waals surface area contributed by atoms with E-state index in [4.69, 9.17) is 10.2 Å². The summed E-state index contributed by atoms with van der Waals surface area (Å²) >= 11 is 0. The van der Waals surface area contributed by atoms with Gasteiger partial charge in [0.1, 0.15) is 0 Å². The Balaban J connectivity index is 2.42. The Morgan fingerprint density at radius 3 is 2.40 bits per heavy atom. The predicted molar refractivity (Wildman–Crippen MR) is 36.4 cm³/mol. The first-order chi connectivity index (χ1) is 4.75. The van der Waals surface area contributed by atoms with Crippen LogP contribution in [0.15, 0.2) is 0 Å². The molecule has 1 saturated carbocycles. The molecule has 1 fully saturated rings. The summed E-state index contributed by atoms with van der Waals surface area (Å²) in [6.07, 6.45) is 1.07. The minimum Gasteiger partial charge on any atom is -0.396 e. The molecular weight excluding hydrogens is 132 g/mol. The number of hydrogen-bond donors (Lipinski definition) is 3. The standard InChI is InChI=1S/C7H14O3/c8-4-5-2-1-3-6(9)7(5)10/h5-10H,1-4H2/t5-,6+,7-/m0/s1. The molecule has 10 heavy (non-hydrogen) atoms. The maximum atomic E-state index is 9.23. The van der Waals surface area contributed by atoms with E-state index in [2.05, 4.69) is 0 Å². The molecule has 0 aromatic heterocycles. The number of aliphatic hydroxyl groups excluding tert-OH is 3. The van der Waals surface area contributed by atoms with Gasteiger partial charge in [0.25, 0.3) is 0 Å². The van der Waals surface area contributed by atoms with Gasteiger partial charge in [-0.15, -0.1) is 0 Å². The molecule has 0 saturated heterocycles. The first-order valence-electron chi connectivity index (χ1n) is 3.72. The minimum atomic E-state index is -0.709. The molecule has 0 aromatic rings. The lowest BCUT2D eigenvalue weighted by molar-refractivity contribution is -0.0585. The van der Waals surface area contributed by atoms with Crippen LogP contribution in [0.4, 0.5) is 0 Å². The maximum absolute atomic E-state index is 9.23. The molecular formula is C7H14O3. The van der Waals surface area contributed by atoms with E-state index in [0.717, 1.165) is 12.8 Å². The molecule has 60 valence electrons. The van der Waals surface area contributed by atoms with Crippen molar-refractivity contribution in [1.29, 1.82) is 0 Å². The van der Waals surface area contributed by atoms with Crippen molar-refractivity contribution in [3.8, 4) is 0 Å². The highest BCUT2D eigenvalue weighted by molar-refractivity contribution is 4.80. The molecule has 0 heterocycles. The highest BCUT2D eigenvalue weighted by Gasteiger charge is 2.29. The molecule has 3 heteroatoms. The molecule has 3 nitrogen and oxygen atoms in total. The van der Waals surface area contributed by atoms with Gasteiger partial charge in [0.05, 0.1) is 12.2 Å². The summed E-state index contributed by atoms with van der Waals surface area (Å²) in [5, 5.41) is 27.1. The lowest BCUT2D eigenvalue weighted by Gasteiger charge is -2.30. The van der Waals surface area contributed by atoms with E-state index in [-0.39, 0.29) is 12.5 Å². The van der Waals surface area contributed by atoms with E-state index in [9.17, 15) is 5.11 Å². The van der Waals surface area contributed by atoms with E-state index in [1.807, 2.05) is 0 Å². The molecule has 3 N–H and O–H groups in total. The third-order valence-corrected chi connectivity index (χ3v) is 2.19. The first kappa shape index (κ1) is 7.98. The zero-order valence-corrected chi connectivity index (χ0v) is 5.90. The highest BCUT2D eigenvalue weighted by Crippen LogP contribution is 2.23. The fourth-order valence-corrected chi connectivity index (χ4v) is 1.44. The second-order valence-electron chi connectivity index (χ2n) is 2.93. The van der Waals surface area contributed by atoms with Gasteiger partial charge >= 0.3 is 0 Å². The molecule has 0 unspecified atom stereocenters. The average molecular weight is 146 g/mol. The predicted octanol–water partition coefficient (Wildman–Crippen LogP) is -0.499. The summed E-state index contributed by atoms with van der Waals surface area (Å²) in [6.45, 7) is -0.0156. The van der Waals surface area contributed by atoms with Crippen LogP contribution in [0.1, 0.15) is 19.3 Å². The fraction of sp³-hybridized carbons (Fsp3) is 1.00. The summed E-state index contributed by atoms with van der Waals surface area (Å²) in [5.41, 5.74) is 0. The van der Waals surface area contributed by atoms with Crippen molar-refractivity contribution in [1.82, 2.24) is 0 Å². The molecule has 1 aliphatic carbocycles. The molecule has 0 aliphatic heterocycles. The Morgan fingerprint density at radius 1 is 1.20 bits per heavy atom. The van der Waals surface area contributed by atoms with Crippen LogP contribution in [0.2, 0.25) is 0 Å². The van der Waals surface area contributed by atoms with Gasteiger partial charge in [-0.3, -0.25) is 0 Å². The van der Waals surface area contributed by atoms with E-state index in [1.54, 1.807) is 0 Å². The molecule has 0 aromatic carbocycles. The summed E-state index contributed by atoms with van der Waals surface area (Å²) < 4.78 is 0. The number of rotatable bonds is 1. The van der Waals surface area contributed by atoms with Crippen LogP contribution in [0, 0.1) is 5.92 Å². The van der Waals surface area contributed by atoms with Gasteiger partial charge in [0, 0.05) is 12.5 Å². The number of aliphatic hydroxyl groups is 3. The third kappa shape index (κ3) is 1.48. The zero-order valence-electron chi connectivity index (χ0n) is 5.90. The second kappa shape index (κ2) is 3.32. The second-order valence-corrected chi connectivity index (χ2v) is 2.93. The lowest BCUT2D eigenvalue weighted by Crippen LogP contribution is -2.38. The SMILES string of the molecule is OC[C@@H]1CCC[C@@H](O)[C@H]1O. The van der Waals surface area contributed by atoms with Gasteiger partial charge in [0.15, 0.2) is 0 Å². The van der Waals surface area contributed by atoms with Crippen molar-refractivity contribution in [3.05, 3.63) is 0 Å². The molecule has 1 aliphatic rings. The Hall–Kier alpha value is -0.120. The van der Waals surface area contributed by atoms with E-state index in [1.165, 1.54) is 0 Å². The molecule has 0 amide bonds. The van der Waals surface area contributed by atoms with Crippen molar-refractivity contribution in [2.45, 2.75) is 31.5 Å². The van der Waals surface area contributed by atoms with Gasteiger partial charge in [0.2, 0.25) is 0 Å². The first-order valence-corrected chi connectivity index (χ1v) is 3.72. The largest absolute Gasteiger partial charge is 0.396 e. The van der Waals surface area contributed by atoms with Gasteiger partial charge in [-0.1, -0.05) is 6.42 Å². The highest BCUT2D eigenvalue weighted by atomic mass is 16.3. The Kier molecular flexibility index (Phi) is 2.65. The minimum absolute atomic E-state index is 0.0156. The fourth-order valence-electron chi connectivity index (χ4n) is 1.44. The van der Waals surface area contributed by atoms with Crippen molar-refractivity contribution >= 4 is 0 Å². The summed E-state index contributed by atoms with van der Waals surface area (Å²) in [4.78, 5) is 0. The monoisotopic (exact) mass is 146 g/mol. The van der Waals surface area contributed by atoms with E-state index >= 15 is 0 Å². The van der Waals surface area contributed by atoms with Gasteiger partial charge < -0.3 is 15.3 Å². The molecule has 0 bridgehead atoms. The Labute approximate surface area is 60.3 Å². The van der Waals surface area contributed by atoms with E-state index < -0.39 is 12.2 Å². The number of hydrogen-bond acceptors (Lipinski definition) is 3.